The zero-order chi connectivity index (χ0) is 21.2. The zero-order valence-corrected chi connectivity index (χ0v) is 16.9. The molecule has 1 unspecified atom stereocenters. The van der Waals surface area contributed by atoms with Gasteiger partial charge in [-0.15, -0.1) is 0 Å². The van der Waals surface area contributed by atoms with Gasteiger partial charge in [-0.1, -0.05) is 36.4 Å². The maximum atomic E-state index is 13.6. The second-order valence-corrected chi connectivity index (χ2v) is 8.46. The molecule has 1 aliphatic heterocycles. The number of likely N-dealkylation sites (tertiary alicyclic amines) is 1. The van der Waals surface area contributed by atoms with E-state index in [0.717, 1.165) is 11.1 Å². The first kappa shape index (κ1) is 20.8. The molecule has 0 aromatic heterocycles. The number of carbonyl (C=O) groups is 2. The molecule has 154 valence electrons. The van der Waals surface area contributed by atoms with Crippen molar-refractivity contribution in [2.24, 2.45) is 0 Å². The van der Waals surface area contributed by atoms with Crippen molar-refractivity contribution in [2.45, 2.75) is 51.2 Å². The van der Waals surface area contributed by atoms with E-state index in [2.05, 4.69) is 0 Å². The lowest BCUT2D eigenvalue weighted by atomic mass is 9.87. The van der Waals surface area contributed by atoms with Crippen LogP contribution in [-0.2, 0) is 16.0 Å². The maximum absolute atomic E-state index is 13.6. The van der Waals surface area contributed by atoms with E-state index in [-0.39, 0.29) is 12.2 Å². The van der Waals surface area contributed by atoms with Crippen LogP contribution in [0.15, 0.2) is 48.5 Å². The van der Waals surface area contributed by atoms with Crippen LogP contribution < -0.4 is 0 Å². The highest BCUT2D eigenvalue weighted by Crippen LogP contribution is 2.35. The fraction of sp³-hybridized carbons (Fsp3) is 0.391. The average Bonchev–Trinajstić information content (AvgIpc) is 3.06. The number of nitrogens with zero attached hydrogens (tertiary/aromatic N) is 1. The third kappa shape index (κ3) is 4.58. The number of carbonyl (C=O) groups excluding carboxylic acids is 1. The minimum atomic E-state index is -1.36. The molecule has 0 spiro atoms. The van der Waals surface area contributed by atoms with Crippen LogP contribution in [-0.4, -0.2) is 39.8 Å². The Morgan fingerprint density at radius 2 is 1.79 bits per heavy atom. The molecule has 0 saturated carbocycles. The van der Waals surface area contributed by atoms with E-state index in [4.69, 9.17) is 4.74 Å². The first-order valence-corrected chi connectivity index (χ1v) is 9.70. The molecule has 1 amide bonds. The van der Waals surface area contributed by atoms with Crippen LogP contribution in [0.5, 0.6) is 0 Å². The molecular weight excluding hydrogens is 373 g/mol. The molecule has 2 aromatic rings. The van der Waals surface area contributed by atoms with Crippen molar-refractivity contribution in [3.63, 3.8) is 0 Å². The second kappa shape index (κ2) is 7.85. The molecule has 1 heterocycles. The van der Waals surface area contributed by atoms with Crippen LogP contribution in [0.2, 0.25) is 0 Å². The average molecular weight is 399 g/mol. The van der Waals surface area contributed by atoms with Crippen LogP contribution in [0.25, 0.3) is 11.1 Å². The molecule has 0 radical (unpaired) electrons. The number of rotatable bonds is 4. The SMILES string of the molecule is CC(C)(C)OC(=O)N1CCCC1(Cc1cccc(-c2cccc(F)c2)c1)C(=O)O. The van der Waals surface area contributed by atoms with Crippen LogP contribution in [0.1, 0.15) is 39.2 Å². The van der Waals surface area contributed by atoms with Gasteiger partial charge in [0.1, 0.15) is 17.0 Å². The number of benzene rings is 2. The summed E-state index contributed by atoms with van der Waals surface area (Å²) in [6.45, 7) is 5.61. The fourth-order valence-corrected chi connectivity index (χ4v) is 3.81. The Hall–Kier alpha value is -2.89. The molecule has 3 rings (SSSR count). The van der Waals surface area contributed by atoms with Gasteiger partial charge in [0.05, 0.1) is 0 Å². The summed E-state index contributed by atoms with van der Waals surface area (Å²) in [7, 11) is 0. The Morgan fingerprint density at radius 1 is 1.14 bits per heavy atom. The van der Waals surface area contributed by atoms with Gasteiger partial charge in [0.15, 0.2) is 0 Å². The summed E-state index contributed by atoms with van der Waals surface area (Å²) >= 11 is 0. The Balaban J connectivity index is 1.92. The van der Waals surface area contributed by atoms with Gasteiger partial charge in [-0.25, -0.2) is 14.0 Å². The van der Waals surface area contributed by atoms with Crippen molar-refractivity contribution in [3.05, 3.63) is 59.9 Å². The molecule has 1 N–H and O–H groups in total. The predicted octanol–water partition coefficient (Wildman–Crippen LogP) is 4.89. The molecule has 1 saturated heterocycles. The summed E-state index contributed by atoms with van der Waals surface area (Å²) in [6.07, 6.45) is 0.490. The monoisotopic (exact) mass is 399 g/mol. The summed E-state index contributed by atoms with van der Waals surface area (Å²) in [5, 5.41) is 10.1. The number of halogens is 1. The molecule has 1 fully saturated rings. The highest BCUT2D eigenvalue weighted by atomic mass is 19.1. The number of ether oxygens (including phenoxy) is 1. The molecule has 1 atom stereocenters. The number of carboxylic acid groups (broad SMARTS) is 1. The lowest BCUT2D eigenvalue weighted by Gasteiger charge is -2.36. The van der Waals surface area contributed by atoms with Crippen molar-refractivity contribution >= 4 is 12.1 Å². The third-order valence-electron chi connectivity index (χ3n) is 5.08. The van der Waals surface area contributed by atoms with Crippen LogP contribution >= 0.6 is 0 Å². The van der Waals surface area contributed by atoms with Crippen molar-refractivity contribution in [1.29, 1.82) is 0 Å². The van der Waals surface area contributed by atoms with Gasteiger partial charge in [0.2, 0.25) is 0 Å². The van der Waals surface area contributed by atoms with E-state index in [1.807, 2.05) is 24.3 Å². The topological polar surface area (TPSA) is 66.8 Å². The van der Waals surface area contributed by atoms with Crippen LogP contribution in [0.3, 0.4) is 0 Å². The molecule has 0 aliphatic carbocycles. The number of carboxylic acids is 1. The molecular formula is C23H26FNO4. The third-order valence-corrected chi connectivity index (χ3v) is 5.08. The quantitative estimate of drug-likeness (QED) is 0.795. The van der Waals surface area contributed by atoms with Gasteiger partial charge in [-0.2, -0.15) is 0 Å². The summed E-state index contributed by atoms with van der Waals surface area (Å²) in [5.41, 5.74) is 0.213. The predicted molar refractivity (Wildman–Crippen MR) is 108 cm³/mol. The summed E-state index contributed by atoms with van der Waals surface area (Å²) < 4.78 is 19.0. The van der Waals surface area contributed by atoms with Gasteiger partial charge in [-0.05, 0) is 62.4 Å². The molecule has 29 heavy (non-hydrogen) atoms. The largest absolute Gasteiger partial charge is 0.479 e. The summed E-state index contributed by atoms with van der Waals surface area (Å²) in [5.74, 6) is -1.38. The van der Waals surface area contributed by atoms with Crippen molar-refractivity contribution in [3.8, 4) is 11.1 Å². The Morgan fingerprint density at radius 3 is 2.41 bits per heavy atom. The van der Waals surface area contributed by atoms with E-state index in [1.54, 1.807) is 32.9 Å². The highest BCUT2D eigenvalue weighted by molar-refractivity contribution is 5.85. The highest BCUT2D eigenvalue weighted by Gasteiger charge is 2.51. The Bertz CT molecular complexity index is 921. The molecule has 0 bridgehead atoms. The van der Waals surface area contributed by atoms with Gasteiger partial charge in [-0.3, -0.25) is 4.90 Å². The molecule has 6 heteroatoms. The Kier molecular flexibility index (Phi) is 5.64. The molecule has 1 aliphatic rings. The Labute approximate surface area is 170 Å². The van der Waals surface area contributed by atoms with E-state index >= 15 is 0 Å². The van der Waals surface area contributed by atoms with Crippen LogP contribution in [0.4, 0.5) is 9.18 Å². The van der Waals surface area contributed by atoms with Crippen molar-refractivity contribution in [2.75, 3.05) is 6.54 Å². The lowest BCUT2D eigenvalue weighted by molar-refractivity contribution is -0.149. The van der Waals surface area contributed by atoms with E-state index in [0.29, 0.717) is 24.9 Å². The minimum absolute atomic E-state index is 0.157. The smallest absolute Gasteiger partial charge is 0.411 e. The van der Waals surface area contributed by atoms with Gasteiger partial charge >= 0.3 is 12.1 Å². The van der Waals surface area contributed by atoms with E-state index in [9.17, 15) is 19.1 Å². The number of hydrogen-bond acceptors (Lipinski definition) is 3. The second-order valence-electron chi connectivity index (χ2n) is 8.46. The van der Waals surface area contributed by atoms with Crippen molar-refractivity contribution < 1.29 is 23.8 Å². The van der Waals surface area contributed by atoms with E-state index in [1.165, 1.54) is 17.0 Å². The number of amides is 1. The van der Waals surface area contributed by atoms with E-state index < -0.39 is 23.2 Å². The summed E-state index contributed by atoms with van der Waals surface area (Å²) in [4.78, 5) is 26.3. The lowest BCUT2D eigenvalue weighted by Crippen LogP contribution is -2.55. The number of hydrogen-bond donors (Lipinski definition) is 1. The standard InChI is InChI=1S/C23H26FNO4/c1-22(2,3)29-21(28)25-12-6-11-23(25,20(26)27)15-16-7-4-8-17(13-16)18-9-5-10-19(24)14-18/h4-5,7-10,13-14H,6,11-12,15H2,1-3H3,(H,26,27). The minimum Gasteiger partial charge on any atom is -0.479 e. The molecule has 2 aromatic carbocycles. The number of aliphatic carboxylic acids is 1. The zero-order valence-electron chi connectivity index (χ0n) is 16.9. The normalized spacial score (nSPS) is 19.2. The fourth-order valence-electron chi connectivity index (χ4n) is 3.81. The first-order valence-electron chi connectivity index (χ1n) is 9.70. The first-order chi connectivity index (χ1) is 13.6. The van der Waals surface area contributed by atoms with Crippen LogP contribution in [0, 0.1) is 5.82 Å². The van der Waals surface area contributed by atoms with Gasteiger partial charge in [0.25, 0.3) is 0 Å². The van der Waals surface area contributed by atoms with Gasteiger partial charge in [0, 0.05) is 13.0 Å². The molecule has 5 nitrogen and oxygen atoms in total. The maximum Gasteiger partial charge on any atom is 0.411 e. The van der Waals surface area contributed by atoms with Gasteiger partial charge < -0.3 is 9.84 Å². The van der Waals surface area contributed by atoms with Crippen molar-refractivity contribution in [1.82, 2.24) is 4.90 Å². The summed E-state index contributed by atoms with van der Waals surface area (Å²) in [6, 6.07) is 13.6.